The van der Waals surface area contributed by atoms with E-state index in [2.05, 4.69) is 24.0 Å². The van der Waals surface area contributed by atoms with E-state index >= 15 is 0 Å². The van der Waals surface area contributed by atoms with E-state index < -0.39 is 0 Å². The van der Waals surface area contributed by atoms with Gasteiger partial charge in [0, 0.05) is 37.8 Å². The molecular weight excluding hydrogens is 312 g/mol. The van der Waals surface area contributed by atoms with Crippen molar-refractivity contribution in [2.75, 3.05) is 19.7 Å². The van der Waals surface area contributed by atoms with Gasteiger partial charge < -0.3 is 9.64 Å². The standard InChI is InChI=1S/C21H26N2O2/c1-17-4-7-20(8-5-17)25-16-19-3-2-14-23(15-19)21(24)9-6-18-10-12-22-13-11-18/h4-5,7-8,10-13,19H,2-3,6,9,14-16H2,1H3/t19-/m1/s1. The van der Waals surface area contributed by atoms with Crippen LogP contribution in [0.15, 0.2) is 48.8 Å². The molecular formula is C21H26N2O2. The van der Waals surface area contributed by atoms with Gasteiger partial charge in [-0.2, -0.15) is 0 Å². The Labute approximate surface area is 149 Å². The third-order valence-electron chi connectivity index (χ3n) is 4.76. The Kier molecular flexibility index (Phi) is 6.04. The summed E-state index contributed by atoms with van der Waals surface area (Å²) in [6.45, 7) is 4.43. The highest BCUT2D eigenvalue weighted by Crippen LogP contribution is 2.20. The fourth-order valence-electron chi connectivity index (χ4n) is 3.24. The molecule has 1 saturated heterocycles. The molecule has 1 fully saturated rings. The molecule has 0 spiro atoms. The molecule has 1 aliphatic heterocycles. The van der Waals surface area contributed by atoms with Crippen molar-refractivity contribution in [3.8, 4) is 5.75 Å². The van der Waals surface area contributed by atoms with Crippen LogP contribution >= 0.6 is 0 Å². The van der Waals surface area contributed by atoms with Gasteiger partial charge in [0.1, 0.15) is 5.75 Å². The highest BCUT2D eigenvalue weighted by atomic mass is 16.5. The summed E-state index contributed by atoms with van der Waals surface area (Å²) >= 11 is 0. The van der Waals surface area contributed by atoms with Crippen LogP contribution in [0.1, 0.15) is 30.4 Å². The minimum Gasteiger partial charge on any atom is -0.493 e. The summed E-state index contributed by atoms with van der Waals surface area (Å²) in [7, 11) is 0. The highest BCUT2D eigenvalue weighted by molar-refractivity contribution is 5.76. The summed E-state index contributed by atoms with van der Waals surface area (Å²) in [6.07, 6.45) is 7.08. The highest BCUT2D eigenvalue weighted by Gasteiger charge is 2.23. The van der Waals surface area contributed by atoms with Crippen molar-refractivity contribution in [3.05, 3.63) is 59.9 Å². The number of ether oxygens (including phenoxy) is 1. The summed E-state index contributed by atoms with van der Waals surface area (Å²) in [5, 5.41) is 0. The number of nitrogens with zero attached hydrogens (tertiary/aromatic N) is 2. The molecule has 0 radical (unpaired) electrons. The number of carbonyl (C=O) groups is 1. The Hall–Kier alpha value is -2.36. The van der Waals surface area contributed by atoms with Crippen LogP contribution in [0.3, 0.4) is 0 Å². The molecule has 1 aromatic heterocycles. The number of amides is 1. The second-order valence-corrected chi connectivity index (χ2v) is 6.83. The van der Waals surface area contributed by atoms with Gasteiger partial charge in [0.15, 0.2) is 0 Å². The molecule has 0 unspecified atom stereocenters. The van der Waals surface area contributed by atoms with Crippen molar-refractivity contribution < 1.29 is 9.53 Å². The quantitative estimate of drug-likeness (QED) is 0.807. The van der Waals surface area contributed by atoms with E-state index in [1.165, 1.54) is 11.1 Å². The van der Waals surface area contributed by atoms with Gasteiger partial charge in [0.05, 0.1) is 6.61 Å². The Morgan fingerprint density at radius 3 is 2.72 bits per heavy atom. The summed E-state index contributed by atoms with van der Waals surface area (Å²) in [4.78, 5) is 18.5. The molecule has 132 valence electrons. The molecule has 1 aromatic carbocycles. The Balaban J connectivity index is 1.45. The number of aryl methyl sites for hydroxylation is 2. The zero-order valence-electron chi connectivity index (χ0n) is 14.9. The maximum Gasteiger partial charge on any atom is 0.222 e. The number of piperidine rings is 1. The Morgan fingerprint density at radius 1 is 1.20 bits per heavy atom. The van der Waals surface area contributed by atoms with Gasteiger partial charge in [0.2, 0.25) is 5.91 Å². The molecule has 4 heteroatoms. The van der Waals surface area contributed by atoms with Crippen molar-refractivity contribution in [2.24, 2.45) is 5.92 Å². The van der Waals surface area contributed by atoms with Crippen LogP contribution in [-0.4, -0.2) is 35.5 Å². The number of carbonyl (C=O) groups excluding carboxylic acids is 1. The number of benzene rings is 1. The fourth-order valence-corrected chi connectivity index (χ4v) is 3.24. The molecule has 4 nitrogen and oxygen atoms in total. The normalized spacial score (nSPS) is 17.3. The smallest absolute Gasteiger partial charge is 0.222 e. The van der Waals surface area contributed by atoms with Crippen LogP contribution in [0.2, 0.25) is 0 Å². The third-order valence-corrected chi connectivity index (χ3v) is 4.76. The molecule has 1 atom stereocenters. The van der Waals surface area contributed by atoms with Gasteiger partial charge in [-0.25, -0.2) is 0 Å². The number of pyridine rings is 1. The van der Waals surface area contributed by atoms with E-state index in [0.717, 1.165) is 38.1 Å². The van der Waals surface area contributed by atoms with Crippen LogP contribution in [0.5, 0.6) is 5.75 Å². The van der Waals surface area contributed by atoms with Crippen LogP contribution in [0.4, 0.5) is 0 Å². The van der Waals surface area contributed by atoms with Gasteiger partial charge in [-0.15, -0.1) is 0 Å². The fraction of sp³-hybridized carbons (Fsp3) is 0.429. The minimum atomic E-state index is 0.247. The average molecular weight is 338 g/mol. The predicted molar refractivity (Wildman–Crippen MR) is 98.5 cm³/mol. The molecule has 2 aromatic rings. The molecule has 2 heterocycles. The molecule has 25 heavy (non-hydrogen) atoms. The second kappa shape index (κ2) is 8.65. The third kappa shape index (κ3) is 5.31. The van der Waals surface area contributed by atoms with Crippen LogP contribution in [0.25, 0.3) is 0 Å². The lowest BCUT2D eigenvalue weighted by molar-refractivity contribution is -0.133. The van der Waals surface area contributed by atoms with Crippen molar-refractivity contribution in [3.63, 3.8) is 0 Å². The lowest BCUT2D eigenvalue weighted by atomic mass is 9.98. The monoisotopic (exact) mass is 338 g/mol. The first-order valence-electron chi connectivity index (χ1n) is 9.07. The van der Waals surface area contributed by atoms with Gasteiger partial charge >= 0.3 is 0 Å². The summed E-state index contributed by atoms with van der Waals surface area (Å²) in [6, 6.07) is 12.1. The molecule has 0 saturated carbocycles. The minimum absolute atomic E-state index is 0.247. The van der Waals surface area contributed by atoms with Crippen LogP contribution in [-0.2, 0) is 11.2 Å². The molecule has 0 bridgehead atoms. The Morgan fingerprint density at radius 2 is 1.96 bits per heavy atom. The van der Waals surface area contributed by atoms with E-state index in [1.807, 2.05) is 29.2 Å². The van der Waals surface area contributed by atoms with Gasteiger partial charge in [-0.05, 0) is 56.0 Å². The topological polar surface area (TPSA) is 42.4 Å². The van der Waals surface area contributed by atoms with E-state index in [9.17, 15) is 4.79 Å². The number of rotatable bonds is 6. The van der Waals surface area contributed by atoms with Crippen LogP contribution in [0, 0.1) is 12.8 Å². The first-order chi connectivity index (χ1) is 12.2. The maximum atomic E-state index is 12.5. The average Bonchev–Trinajstić information content (AvgIpc) is 2.67. The van der Waals surface area contributed by atoms with Gasteiger partial charge in [0.25, 0.3) is 0 Å². The lowest BCUT2D eigenvalue weighted by Gasteiger charge is -2.32. The number of hydrogen-bond acceptors (Lipinski definition) is 3. The Bertz CT molecular complexity index is 670. The lowest BCUT2D eigenvalue weighted by Crippen LogP contribution is -2.41. The zero-order valence-corrected chi connectivity index (χ0v) is 14.9. The van der Waals surface area contributed by atoms with Crippen molar-refractivity contribution in [1.82, 2.24) is 9.88 Å². The van der Waals surface area contributed by atoms with E-state index in [0.29, 0.717) is 18.9 Å². The van der Waals surface area contributed by atoms with Crippen LogP contribution < -0.4 is 4.74 Å². The predicted octanol–water partition coefficient (Wildman–Crippen LogP) is 3.64. The van der Waals surface area contributed by atoms with E-state index in [4.69, 9.17) is 4.74 Å². The van der Waals surface area contributed by atoms with Gasteiger partial charge in [-0.1, -0.05) is 17.7 Å². The van der Waals surface area contributed by atoms with Crippen molar-refractivity contribution in [2.45, 2.75) is 32.6 Å². The first-order valence-corrected chi connectivity index (χ1v) is 9.07. The summed E-state index contributed by atoms with van der Waals surface area (Å²) in [5.41, 5.74) is 2.40. The molecule has 1 amide bonds. The van der Waals surface area contributed by atoms with Crippen molar-refractivity contribution >= 4 is 5.91 Å². The summed E-state index contributed by atoms with van der Waals surface area (Å²) < 4.78 is 5.91. The maximum absolute atomic E-state index is 12.5. The number of aromatic nitrogens is 1. The largest absolute Gasteiger partial charge is 0.493 e. The molecule has 3 rings (SSSR count). The van der Waals surface area contributed by atoms with Gasteiger partial charge in [-0.3, -0.25) is 9.78 Å². The zero-order chi connectivity index (χ0) is 17.5. The van der Waals surface area contributed by atoms with E-state index in [-0.39, 0.29) is 5.91 Å². The van der Waals surface area contributed by atoms with Crippen molar-refractivity contribution in [1.29, 1.82) is 0 Å². The second-order valence-electron chi connectivity index (χ2n) is 6.83. The molecule has 0 N–H and O–H groups in total. The number of hydrogen-bond donors (Lipinski definition) is 0. The summed E-state index contributed by atoms with van der Waals surface area (Å²) in [5.74, 6) is 1.57. The van der Waals surface area contributed by atoms with E-state index in [1.54, 1.807) is 12.4 Å². The first kappa shape index (κ1) is 17.5. The molecule has 0 aliphatic carbocycles. The molecule has 1 aliphatic rings. The number of likely N-dealkylation sites (tertiary alicyclic amines) is 1. The SMILES string of the molecule is Cc1ccc(OC[C@@H]2CCCN(C(=O)CCc3ccncc3)C2)cc1.